The van der Waals surface area contributed by atoms with Crippen LogP contribution in [-0.4, -0.2) is 20.0 Å². The highest BCUT2D eigenvalue weighted by molar-refractivity contribution is 6.37. The van der Waals surface area contributed by atoms with Crippen LogP contribution in [0.25, 0.3) is 16.8 Å². The van der Waals surface area contributed by atoms with Crippen LogP contribution in [0.1, 0.15) is 17.5 Å². The molecule has 2 heterocycles. The van der Waals surface area contributed by atoms with Crippen molar-refractivity contribution in [2.75, 3.05) is 5.32 Å². The van der Waals surface area contributed by atoms with E-state index >= 15 is 0 Å². The summed E-state index contributed by atoms with van der Waals surface area (Å²) in [6.45, 7) is 4.60. The molecule has 0 saturated carbocycles. The summed E-state index contributed by atoms with van der Waals surface area (Å²) in [5.41, 5.74) is 4.75. The lowest BCUT2D eigenvalue weighted by molar-refractivity contribution is -0.116. The number of carbonyl (C=O) groups is 1. The Morgan fingerprint density at radius 1 is 1.06 bits per heavy atom. The number of carbonyl (C=O) groups excluding carboxylic acids is 1. The fourth-order valence-electron chi connectivity index (χ4n) is 3.58. The number of para-hydroxylation sites is 1. The number of aromatic nitrogens is 3. The molecule has 158 valence electrons. The molecule has 4 rings (SSSR count). The first-order valence-corrected chi connectivity index (χ1v) is 10.7. The summed E-state index contributed by atoms with van der Waals surface area (Å²) in [6.07, 6.45) is 7.49. The molecular weight excluding hydrogens is 431 g/mol. The first-order chi connectivity index (χ1) is 14.9. The lowest BCUT2D eigenvalue weighted by Crippen LogP contribution is -2.17. The number of nitrogens with zero attached hydrogens (tertiary/aromatic N) is 3. The van der Waals surface area contributed by atoms with Crippen LogP contribution in [0.4, 0.5) is 5.82 Å². The van der Waals surface area contributed by atoms with Gasteiger partial charge in [-0.25, -0.2) is 4.98 Å². The molecule has 2 aromatic carbocycles. The van der Waals surface area contributed by atoms with Gasteiger partial charge in [0.2, 0.25) is 5.91 Å². The van der Waals surface area contributed by atoms with Crippen LogP contribution in [-0.2, 0) is 11.3 Å². The van der Waals surface area contributed by atoms with E-state index in [1.807, 2.05) is 35.4 Å². The summed E-state index contributed by atoms with van der Waals surface area (Å²) in [4.78, 5) is 16.9. The third-order valence-corrected chi connectivity index (χ3v) is 5.74. The molecule has 0 aliphatic heterocycles. The average molecular weight is 453 g/mol. The smallest absolute Gasteiger partial charge is 0.227 e. The van der Waals surface area contributed by atoms with Gasteiger partial charge < -0.3 is 9.88 Å². The zero-order valence-electron chi connectivity index (χ0n) is 17.3. The van der Waals surface area contributed by atoms with E-state index in [2.05, 4.69) is 34.6 Å². The summed E-state index contributed by atoms with van der Waals surface area (Å²) < 4.78 is 3.74. The maximum Gasteiger partial charge on any atom is 0.227 e. The molecule has 5 nitrogen and oxygen atoms in total. The van der Waals surface area contributed by atoms with Gasteiger partial charge in [0.15, 0.2) is 0 Å². The first kappa shape index (κ1) is 21.2. The van der Waals surface area contributed by atoms with Gasteiger partial charge in [-0.3, -0.25) is 9.36 Å². The molecule has 1 amide bonds. The Morgan fingerprint density at radius 2 is 1.77 bits per heavy atom. The van der Waals surface area contributed by atoms with Crippen molar-refractivity contribution in [1.82, 2.24) is 14.1 Å². The van der Waals surface area contributed by atoms with Crippen LogP contribution < -0.4 is 5.32 Å². The Bertz CT molecular complexity index is 1190. The van der Waals surface area contributed by atoms with E-state index in [1.165, 1.54) is 5.56 Å². The van der Waals surface area contributed by atoms with E-state index in [9.17, 15) is 4.79 Å². The number of halogens is 2. The van der Waals surface area contributed by atoms with Crippen LogP contribution >= 0.6 is 23.2 Å². The predicted octanol–water partition coefficient (Wildman–Crippen LogP) is 6.29. The van der Waals surface area contributed by atoms with Gasteiger partial charge in [-0.1, -0.05) is 59.1 Å². The second-order valence-electron chi connectivity index (χ2n) is 7.44. The van der Waals surface area contributed by atoms with Crippen molar-refractivity contribution in [2.24, 2.45) is 0 Å². The Hall–Kier alpha value is -3.02. The van der Waals surface area contributed by atoms with Crippen LogP contribution in [0.2, 0.25) is 10.0 Å². The molecule has 0 fully saturated rings. The van der Waals surface area contributed by atoms with Gasteiger partial charge in [0.1, 0.15) is 5.82 Å². The fraction of sp³-hybridized carbons (Fsp3) is 0.167. The highest BCUT2D eigenvalue weighted by Crippen LogP contribution is 2.39. The molecule has 7 heteroatoms. The van der Waals surface area contributed by atoms with E-state index in [4.69, 9.17) is 23.2 Å². The Balaban J connectivity index is 1.77. The number of nitrogens with one attached hydrogen (secondary N) is 1. The Morgan fingerprint density at radius 3 is 2.42 bits per heavy atom. The maximum atomic E-state index is 12.9. The summed E-state index contributed by atoms with van der Waals surface area (Å²) in [6, 6.07) is 13.6. The minimum Gasteiger partial charge on any atom is -0.337 e. The van der Waals surface area contributed by atoms with Crippen molar-refractivity contribution >= 4 is 34.9 Å². The molecular formula is C24H22Cl2N4O. The molecule has 0 aliphatic carbocycles. The first-order valence-electron chi connectivity index (χ1n) is 9.93. The SMILES string of the molecule is Cc1ccc(-c2c(C)cn(-c3c(Cl)cccc3Cl)c2NC(=O)CCn2ccnc2)cc1. The zero-order chi connectivity index (χ0) is 22.0. The summed E-state index contributed by atoms with van der Waals surface area (Å²) in [5, 5.41) is 4.11. The van der Waals surface area contributed by atoms with Crippen LogP contribution in [0.15, 0.2) is 67.4 Å². The van der Waals surface area contributed by atoms with Crippen LogP contribution in [0, 0.1) is 13.8 Å². The molecule has 0 spiro atoms. The van der Waals surface area contributed by atoms with E-state index in [0.29, 0.717) is 34.5 Å². The zero-order valence-corrected chi connectivity index (χ0v) is 18.8. The summed E-state index contributed by atoms with van der Waals surface area (Å²) >= 11 is 13.0. The summed E-state index contributed by atoms with van der Waals surface area (Å²) in [5.74, 6) is 0.538. The van der Waals surface area contributed by atoms with Crippen molar-refractivity contribution < 1.29 is 4.79 Å². The number of amides is 1. The van der Waals surface area contributed by atoms with Gasteiger partial charge in [0.05, 0.1) is 22.1 Å². The average Bonchev–Trinajstić information content (AvgIpc) is 3.36. The number of anilines is 1. The van der Waals surface area contributed by atoms with Crippen molar-refractivity contribution in [1.29, 1.82) is 0 Å². The van der Waals surface area contributed by atoms with Crippen molar-refractivity contribution in [3.63, 3.8) is 0 Å². The van der Waals surface area contributed by atoms with Gasteiger partial charge in [-0.05, 0) is 37.1 Å². The molecule has 0 unspecified atom stereocenters. The minimum atomic E-state index is -0.107. The maximum absolute atomic E-state index is 12.9. The third-order valence-electron chi connectivity index (χ3n) is 5.13. The van der Waals surface area contributed by atoms with E-state index in [1.54, 1.807) is 30.7 Å². The van der Waals surface area contributed by atoms with E-state index in [0.717, 1.165) is 16.7 Å². The number of hydrogen-bond acceptors (Lipinski definition) is 2. The third kappa shape index (κ3) is 4.53. The normalized spacial score (nSPS) is 11.0. The number of hydrogen-bond donors (Lipinski definition) is 1. The highest BCUT2D eigenvalue weighted by Gasteiger charge is 2.21. The van der Waals surface area contributed by atoms with E-state index in [-0.39, 0.29) is 5.91 Å². The van der Waals surface area contributed by atoms with Crippen molar-refractivity contribution in [2.45, 2.75) is 26.8 Å². The molecule has 0 bridgehead atoms. The minimum absolute atomic E-state index is 0.107. The number of benzene rings is 2. The lowest BCUT2D eigenvalue weighted by atomic mass is 10.0. The Kier molecular flexibility index (Phi) is 6.16. The molecule has 0 radical (unpaired) electrons. The summed E-state index contributed by atoms with van der Waals surface area (Å²) in [7, 11) is 0. The number of imidazole rings is 1. The standard InChI is InChI=1S/C24H22Cl2N4O/c1-16-6-8-18(9-7-16)22-17(2)14-30(23-19(25)4-3-5-20(23)26)24(22)28-21(31)10-12-29-13-11-27-15-29/h3-9,11,13-15H,10,12H2,1-2H3,(H,28,31). The number of rotatable bonds is 6. The number of aryl methyl sites for hydroxylation is 3. The molecule has 0 saturated heterocycles. The second-order valence-corrected chi connectivity index (χ2v) is 8.26. The molecule has 1 N–H and O–H groups in total. The predicted molar refractivity (Wildman–Crippen MR) is 126 cm³/mol. The van der Waals surface area contributed by atoms with Gasteiger partial charge in [-0.2, -0.15) is 0 Å². The Labute approximate surface area is 191 Å². The second kappa shape index (κ2) is 9.00. The van der Waals surface area contributed by atoms with Crippen LogP contribution in [0.3, 0.4) is 0 Å². The van der Waals surface area contributed by atoms with Gasteiger partial charge in [0, 0.05) is 37.1 Å². The highest BCUT2D eigenvalue weighted by atomic mass is 35.5. The molecule has 31 heavy (non-hydrogen) atoms. The van der Waals surface area contributed by atoms with Crippen LogP contribution in [0.5, 0.6) is 0 Å². The quantitative estimate of drug-likeness (QED) is 0.373. The molecule has 4 aromatic rings. The largest absolute Gasteiger partial charge is 0.337 e. The van der Waals surface area contributed by atoms with Gasteiger partial charge >= 0.3 is 0 Å². The fourth-order valence-corrected chi connectivity index (χ4v) is 4.16. The van der Waals surface area contributed by atoms with Crippen molar-refractivity contribution in [3.05, 3.63) is 88.6 Å². The topological polar surface area (TPSA) is 51.9 Å². The monoisotopic (exact) mass is 452 g/mol. The molecule has 0 atom stereocenters. The molecule has 0 aliphatic rings. The van der Waals surface area contributed by atoms with E-state index < -0.39 is 0 Å². The lowest BCUT2D eigenvalue weighted by Gasteiger charge is -2.16. The van der Waals surface area contributed by atoms with Gasteiger partial charge in [0.25, 0.3) is 0 Å². The van der Waals surface area contributed by atoms with Crippen molar-refractivity contribution in [3.8, 4) is 16.8 Å². The van der Waals surface area contributed by atoms with Gasteiger partial charge in [-0.15, -0.1) is 0 Å². The molecule has 2 aromatic heterocycles.